The lowest BCUT2D eigenvalue weighted by molar-refractivity contribution is 0.517. The van der Waals surface area contributed by atoms with Crippen LogP contribution in [-0.2, 0) is 0 Å². The zero-order valence-electron chi connectivity index (χ0n) is 14.4. The fraction of sp³-hybridized carbons (Fsp3) is 0.333. The third-order valence-electron chi connectivity index (χ3n) is 4.57. The van der Waals surface area contributed by atoms with Gasteiger partial charge in [0.15, 0.2) is 0 Å². The van der Waals surface area contributed by atoms with Crippen LogP contribution in [-0.4, -0.2) is 38.7 Å². The summed E-state index contributed by atoms with van der Waals surface area (Å²) < 4.78 is 16.0. The molecule has 26 heavy (non-hydrogen) atoms. The number of aromatic nitrogens is 4. The normalized spacial score (nSPS) is 17.3. The number of hydrogen-bond acceptors (Lipinski definition) is 6. The van der Waals surface area contributed by atoms with Gasteiger partial charge in [0, 0.05) is 30.9 Å². The molecule has 1 unspecified atom stereocenters. The zero-order chi connectivity index (χ0) is 18.1. The van der Waals surface area contributed by atoms with E-state index in [-0.39, 0.29) is 11.9 Å². The van der Waals surface area contributed by atoms with Gasteiger partial charge >= 0.3 is 0 Å². The molecule has 0 aliphatic carbocycles. The molecule has 132 valence electrons. The van der Waals surface area contributed by atoms with Crippen LogP contribution in [0.3, 0.4) is 0 Å². The molecule has 3 heterocycles. The smallest absolute Gasteiger partial charge is 0.254 e. The van der Waals surface area contributed by atoms with Gasteiger partial charge in [-0.3, -0.25) is 0 Å². The molecule has 0 spiro atoms. The Kier molecular flexibility index (Phi) is 4.13. The second-order valence-corrected chi connectivity index (χ2v) is 6.46. The van der Waals surface area contributed by atoms with Crippen molar-refractivity contribution < 1.29 is 4.39 Å². The van der Waals surface area contributed by atoms with Crippen molar-refractivity contribution in [2.75, 3.05) is 23.3 Å². The summed E-state index contributed by atoms with van der Waals surface area (Å²) in [6.07, 6.45) is 3.40. The predicted molar refractivity (Wildman–Crippen MR) is 95.5 cm³/mol. The van der Waals surface area contributed by atoms with Crippen LogP contribution < -0.4 is 10.2 Å². The van der Waals surface area contributed by atoms with E-state index in [1.54, 1.807) is 16.6 Å². The van der Waals surface area contributed by atoms with Gasteiger partial charge in [0.2, 0.25) is 0 Å². The lowest BCUT2D eigenvalue weighted by Crippen LogP contribution is -2.42. The topological polar surface area (TPSA) is 82.1 Å². The van der Waals surface area contributed by atoms with Gasteiger partial charge in [-0.1, -0.05) is 0 Å². The van der Waals surface area contributed by atoms with Crippen molar-refractivity contribution in [3.8, 4) is 6.07 Å². The number of benzene rings is 1. The van der Waals surface area contributed by atoms with Crippen LogP contribution in [0.5, 0.6) is 0 Å². The summed E-state index contributed by atoms with van der Waals surface area (Å²) in [4.78, 5) is 10.5. The molecule has 8 heteroatoms. The molecule has 1 atom stereocenters. The van der Waals surface area contributed by atoms with E-state index < -0.39 is 0 Å². The maximum atomic E-state index is 14.4. The number of piperidine rings is 1. The van der Waals surface area contributed by atoms with Crippen LogP contribution in [0.25, 0.3) is 5.78 Å². The van der Waals surface area contributed by atoms with Crippen molar-refractivity contribution in [1.82, 2.24) is 19.6 Å². The fourth-order valence-corrected chi connectivity index (χ4v) is 3.39. The first-order chi connectivity index (χ1) is 12.6. The third-order valence-corrected chi connectivity index (χ3v) is 4.57. The van der Waals surface area contributed by atoms with Crippen molar-refractivity contribution in [3.05, 3.63) is 47.7 Å². The molecule has 0 radical (unpaired) electrons. The monoisotopic (exact) mass is 351 g/mol. The molecule has 1 aliphatic heterocycles. The summed E-state index contributed by atoms with van der Waals surface area (Å²) in [5.41, 5.74) is 1.73. The van der Waals surface area contributed by atoms with Crippen molar-refractivity contribution >= 4 is 17.3 Å². The Labute approximate surface area is 150 Å². The molecule has 1 N–H and O–H groups in total. The highest BCUT2D eigenvalue weighted by molar-refractivity contribution is 5.52. The Bertz CT molecular complexity index is 991. The number of halogens is 1. The van der Waals surface area contributed by atoms with Crippen molar-refractivity contribution in [3.63, 3.8) is 0 Å². The molecule has 2 aromatic heterocycles. The number of anilines is 2. The van der Waals surface area contributed by atoms with E-state index >= 15 is 0 Å². The summed E-state index contributed by atoms with van der Waals surface area (Å²) in [6, 6.07) is 8.67. The zero-order valence-corrected chi connectivity index (χ0v) is 14.4. The lowest BCUT2D eigenvalue weighted by atomic mass is 10.0. The molecule has 0 bridgehead atoms. The third kappa shape index (κ3) is 3.04. The Morgan fingerprint density at radius 1 is 1.35 bits per heavy atom. The second kappa shape index (κ2) is 6.59. The summed E-state index contributed by atoms with van der Waals surface area (Å²) >= 11 is 0. The van der Waals surface area contributed by atoms with Crippen LogP contribution in [0.1, 0.15) is 24.1 Å². The molecule has 3 aromatic rings. The molecule has 1 saturated heterocycles. The molecule has 7 nitrogen and oxygen atoms in total. The molecule has 4 rings (SSSR count). The highest BCUT2D eigenvalue weighted by Gasteiger charge is 2.23. The van der Waals surface area contributed by atoms with E-state index in [9.17, 15) is 4.39 Å². The Morgan fingerprint density at radius 3 is 3.04 bits per heavy atom. The van der Waals surface area contributed by atoms with Crippen LogP contribution in [0, 0.1) is 24.1 Å². The minimum Gasteiger partial charge on any atom is -0.367 e. The van der Waals surface area contributed by atoms with Gasteiger partial charge in [0.05, 0.1) is 17.3 Å². The first kappa shape index (κ1) is 16.3. The quantitative estimate of drug-likeness (QED) is 0.781. The minimum absolute atomic E-state index is 0.146. The van der Waals surface area contributed by atoms with E-state index in [1.807, 2.05) is 24.0 Å². The van der Waals surface area contributed by atoms with Gasteiger partial charge in [-0.15, -0.1) is 0 Å². The van der Waals surface area contributed by atoms with Crippen LogP contribution >= 0.6 is 0 Å². The second-order valence-electron chi connectivity index (χ2n) is 6.46. The molecule has 1 aromatic carbocycles. The van der Waals surface area contributed by atoms with E-state index in [0.717, 1.165) is 30.9 Å². The largest absolute Gasteiger partial charge is 0.367 e. The van der Waals surface area contributed by atoms with Crippen LogP contribution in [0.15, 0.2) is 30.6 Å². The number of aryl methyl sites for hydroxylation is 1. The Morgan fingerprint density at radius 2 is 2.23 bits per heavy atom. The average molecular weight is 351 g/mol. The predicted octanol–water partition coefficient (Wildman–Crippen LogP) is 2.52. The SMILES string of the molecule is Cc1cc(NC2CCCN(c3ccc(C#N)cc3F)C2)n2ncnc2n1. The molecular formula is C18H18FN7. The highest BCUT2D eigenvalue weighted by atomic mass is 19.1. The first-order valence-corrected chi connectivity index (χ1v) is 8.52. The lowest BCUT2D eigenvalue weighted by Gasteiger charge is -2.35. The van der Waals surface area contributed by atoms with E-state index in [1.165, 1.54) is 12.4 Å². The number of fused-ring (bicyclic) bond motifs is 1. The summed E-state index contributed by atoms with van der Waals surface area (Å²) in [5.74, 6) is 1.03. The maximum absolute atomic E-state index is 14.4. The molecule has 1 fully saturated rings. The fourth-order valence-electron chi connectivity index (χ4n) is 3.39. The number of nitrogens with one attached hydrogen (secondary N) is 1. The minimum atomic E-state index is -0.358. The standard InChI is InChI=1S/C18H18FN7/c1-12-7-17(26-18(23-12)21-11-22-26)24-14-3-2-6-25(10-14)16-5-4-13(9-20)8-15(16)19/h4-5,7-8,11,14,24H,2-3,6,10H2,1H3. The van der Waals surface area contributed by atoms with Crippen LogP contribution in [0.4, 0.5) is 15.9 Å². The molecule has 1 aliphatic rings. The van der Waals surface area contributed by atoms with Gasteiger partial charge in [-0.2, -0.15) is 19.9 Å². The van der Waals surface area contributed by atoms with E-state index in [0.29, 0.717) is 23.6 Å². The van der Waals surface area contributed by atoms with Gasteiger partial charge in [0.1, 0.15) is 18.0 Å². The van der Waals surface area contributed by atoms with Crippen LogP contribution in [0.2, 0.25) is 0 Å². The number of nitriles is 1. The Hall–Kier alpha value is -3.21. The number of nitrogens with zero attached hydrogens (tertiary/aromatic N) is 6. The molecule has 0 amide bonds. The molecular weight excluding hydrogens is 333 g/mol. The Balaban J connectivity index is 1.55. The summed E-state index contributed by atoms with van der Waals surface area (Å²) in [5, 5.41) is 16.6. The van der Waals surface area contributed by atoms with Gasteiger partial charge in [-0.25, -0.2) is 9.37 Å². The first-order valence-electron chi connectivity index (χ1n) is 8.52. The van der Waals surface area contributed by atoms with Crippen molar-refractivity contribution in [2.45, 2.75) is 25.8 Å². The van der Waals surface area contributed by atoms with Gasteiger partial charge in [-0.05, 0) is 38.0 Å². The van der Waals surface area contributed by atoms with Gasteiger partial charge < -0.3 is 10.2 Å². The average Bonchev–Trinajstić information content (AvgIpc) is 3.10. The maximum Gasteiger partial charge on any atom is 0.254 e. The van der Waals surface area contributed by atoms with Crippen molar-refractivity contribution in [1.29, 1.82) is 5.26 Å². The number of hydrogen-bond donors (Lipinski definition) is 1. The molecule has 0 saturated carbocycles. The van der Waals surface area contributed by atoms with E-state index in [4.69, 9.17) is 5.26 Å². The van der Waals surface area contributed by atoms with E-state index in [2.05, 4.69) is 20.4 Å². The van der Waals surface area contributed by atoms with Gasteiger partial charge in [0.25, 0.3) is 5.78 Å². The summed E-state index contributed by atoms with van der Waals surface area (Å²) in [6.45, 7) is 3.37. The summed E-state index contributed by atoms with van der Waals surface area (Å²) in [7, 11) is 0. The van der Waals surface area contributed by atoms with Crippen molar-refractivity contribution in [2.24, 2.45) is 0 Å². The number of rotatable bonds is 3. The highest BCUT2D eigenvalue weighted by Crippen LogP contribution is 2.25.